The second kappa shape index (κ2) is 6.32. The molecule has 0 amide bonds. The third-order valence-electron chi connectivity index (χ3n) is 2.58. The second-order valence-corrected chi connectivity index (χ2v) is 6.50. The number of nitriles is 1. The van der Waals surface area contributed by atoms with Gasteiger partial charge in [-0.1, -0.05) is 29.3 Å². The number of sulfonamides is 1. The van der Waals surface area contributed by atoms with Crippen molar-refractivity contribution in [3.8, 4) is 6.07 Å². The van der Waals surface area contributed by atoms with E-state index in [9.17, 15) is 8.42 Å². The maximum atomic E-state index is 12.1. The summed E-state index contributed by atoms with van der Waals surface area (Å²) >= 11 is 3.29. The molecule has 0 radical (unpaired) electrons. The first-order valence-corrected chi connectivity index (χ1v) is 7.90. The summed E-state index contributed by atoms with van der Waals surface area (Å²) in [5.41, 5.74) is 0.823. The van der Waals surface area contributed by atoms with Crippen molar-refractivity contribution in [2.75, 3.05) is 6.54 Å². The summed E-state index contributed by atoms with van der Waals surface area (Å²) in [7, 11) is -3.61. The second-order valence-electron chi connectivity index (χ2n) is 3.91. The van der Waals surface area contributed by atoms with Gasteiger partial charge in [-0.05, 0) is 31.0 Å². The number of unbranched alkanes of at least 4 members (excludes halogenated alkanes) is 1. The molecule has 0 bridgehead atoms. The predicted molar refractivity (Wildman–Crippen MR) is 73.7 cm³/mol. The van der Waals surface area contributed by atoms with Gasteiger partial charge in [0.15, 0.2) is 0 Å². The molecule has 1 aromatic carbocycles. The van der Waals surface area contributed by atoms with Gasteiger partial charge in [-0.2, -0.15) is 5.26 Å². The maximum Gasteiger partial charge on any atom is 0.241 e. The normalized spacial score (nSPS) is 11.2. The van der Waals surface area contributed by atoms with Gasteiger partial charge in [-0.25, -0.2) is 13.1 Å². The average Bonchev–Trinajstić information content (AvgIpc) is 2.32. The van der Waals surface area contributed by atoms with E-state index in [4.69, 9.17) is 5.26 Å². The Morgan fingerprint density at radius 3 is 2.67 bits per heavy atom. The minimum atomic E-state index is -3.61. The summed E-state index contributed by atoms with van der Waals surface area (Å²) in [5.74, 6) is 0. The van der Waals surface area contributed by atoms with E-state index in [0.717, 1.165) is 17.3 Å². The fraction of sp³-hybridized carbons (Fsp3) is 0.417. The van der Waals surface area contributed by atoms with E-state index in [1.807, 2.05) is 13.0 Å². The number of halogens is 1. The first-order valence-electron chi connectivity index (χ1n) is 5.63. The van der Waals surface area contributed by atoms with E-state index in [1.54, 1.807) is 13.0 Å². The SMILES string of the molecule is CCCCNS(=O)(=O)c1ccc(Br)c(C)c1C#N. The molecular formula is C12H15BrN2O2S. The highest BCUT2D eigenvalue weighted by atomic mass is 79.9. The lowest BCUT2D eigenvalue weighted by atomic mass is 10.1. The van der Waals surface area contributed by atoms with Crippen LogP contribution in [0.2, 0.25) is 0 Å². The van der Waals surface area contributed by atoms with E-state index in [0.29, 0.717) is 12.1 Å². The number of hydrogen-bond acceptors (Lipinski definition) is 3. The van der Waals surface area contributed by atoms with Crippen LogP contribution in [0.1, 0.15) is 30.9 Å². The van der Waals surface area contributed by atoms with Crippen molar-refractivity contribution in [1.29, 1.82) is 5.26 Å². The topological polar surface area (TPSA) is 70.0 Å². The number of rotatable bonds is 5. The predicted octanol–water partition coefficient (Wildman–Crippen LogP) is 2.71. The standard InChI is InChI=1S/C12H15BrN2O2S/c1-3-4-7-15-18(16,17)12-6-5-11(13)9(2)10(12)8-14/h5-6,15H,3-4,7H2,1-2H3. The van der Waals surface area contributed by atoms with Gasteiger partial charge in [0, 0.05) is 11.0 Å². The van der Waals surface area contributed by atoms with Crippen molar-refractivity contribution in [2.45, 2.75) is 31.6 Å². The van der Waals surface area contributed by atoms with Gasteiger partial charge in [-0.3, -0.25) is 0 Å². The molecule has 0 spiro atoms. The number of nitrogens with one attached hydrogen (secondary N) is 1. The smallest absolute Gasteiger partial charge is 0.211 e. The Balaban J connectivity index is 3.18. The Bertz CT molecular complexity index is 576. The minimum absolute atomic E-state index is 0.0433. The van der Waals surface area contributed by atoms with E-state index in [1.165, 1.54) is 6.07 Å². The fourth-order valence-corrected chi connectivity index (χ4v) is 3.10. The van der Waals surface area contributed by atoms with Crippen LogP contribution in [-0.4, -0.2) is 15.0 Å². The lowest BCUT2D eigenvalue weighted by molar-refractivity contribution is 0.578. The molecule has 0 aliphatic rings. The lowest BCUT2D eigenvalue weighted by Gasteiger charge is -2.10. The fourth-order valence-electron chi connectivity index (χ4n) is 1.49. The molecule has 1 N–H and O–H groups in total. The van der Waals surface area contributed by atoms with Gasteiger partial charge in [0.25, 0.3) is 0 Å². The van der Waals surface area contributed by atoms with Crippen LogP contribution in [0.3, 0.4) is 0 Å². The van der Waals surface area contributed by atoms with E-state index in [2.05, 4.69) is 20.7 Å². The Morgan fingerprint density at radius 1 is 1.44 bits per heavy atom. The van der Waals surface area contributed by atoms with Crippen LogP contribution in [0.15, 0.2) is 21.5 Å². The number of nitrogens with zero attached hydrogens (tertiary/aromatic N) is 1. The van der Waals surface area contributed by atoms with Crippen molar-refractivity contribution < 1.29 is 8.42 Å². The quantitative estimate of drug-likeness (QED) is 0.844. The number of benzene rings is 1. The zero-order valence-electron chi connectivity index (χ0n) is 10.3. The molecule has 0 heterocycles. The van der Waals surface area contributed by atoms with Crippen molar-refractivity contribution in [2.24, 2.45) is 0 Å². The molecule has 0 saturated heterocycles. The first kappa shape index (κ1) is 15.2. The molecule has 0 saturated carbocycles. The van der Waals surface area contributed by atoms with Crippen LogP contribution >= 0.6 is 15.9 Å². The minimum Gasteiger partial charge on any atom is -0.211 e. The molecule has 0 aromatic heterocycles. The van der Waals surface area contributed by atoms with Crippen LogP contribution in [0.25, 0.3) is 0 Å². The summed E-state index contributed by atoms with van der Waals surface area (Å²) in [6.45, 7) is 4.09. The van der Waals surface area contributed by atoms with Crippen LogP contribution in [0.4, 0.5) is 0 Å². The van der Waals surface area contributed by atoms with Crippen LogP contribution in [0, 0.1) is 18.3 Å². The van der Waals surface area contributed by atoms with Crippen molar-refractivity contribution in [3.05, 3.63) is 27.7 Å². The largest absolute Gasteiger partial charge is 0.241 e. The highest BCUT2D eigenvalue weighted by Crippen LogP contribution is 2.25. The summed E-state index contributed by atoms with van der Waals surface area (Å²) < 4.78 is 27.4. The summed E-state index contributed by atoms with van der Waals surface area (Å²) in [5, 5.41) is 9.10. The van der Waals surface area contributed by atoms with Crippen molar-refractivity contribution in [3.63, 3.8) is 0 Å². The first-order chi connectivity index (χ1) is 8.44. The van der Waals surface area contributed by atoms with Gasteiger partial charge < -0.3 is 0 Å². The lowest BCUT2D eigenvalue weighted by Crippen LogP contribution is -2.25. The van der Waals surface area contributed by atoms with E-state index < -0.39 is 10.0 Å². The monoisotopic (exact) mass is 330 g/mol. The Morgan fingerprint density at radius 2 is 2.11 bits per heavy atom. The molecule has 0 aliphatic carbocycles. The van der Waals surface area contributed by atoms with Gasteiger partial charge in [0.2, 0.25) is 10.0 Å². The molecule has 1 aromatic rings. The third-order valence-corrected chi connectivity index (χ3v) is 4.95. The molecule has 98 valence electrons. The van der Waals surface area contributed by atoms with Crippen LogP contribution < -0.4 is 4.72 Å². The summed E-state index contributed by atoms with van der Waals surface area (Å²) in [6, 6.07) is 5.04. The van der Waals surface area contributed by atoms with Gasteiger partial charge in [-0.15, -0.1) is 0 Å². The van der Waals surface area contributed by atoms with E-state index in [-0.39, 0.29) is 10.5 Å². The Hall–Kier alpha value is -0.900. The average molecular weight is 331 g/mol. The molecule has 0 atom stereocenters. The summed E-state index contributed by atoms with van der Waals surface area (Å²) in [6.07, 6.45) is 1.68. The molecule has 0 aliphatic heterocycles. The molecule has 6 heteroatoms. The van der Waals surface area contributed by atoms with Gasteiger partial charge >= 0.3 is 0 Å². The van der Waals surface area contributed by atoms with Crippen molar-refractivity contribution >= 4 is 26.0 Å². The van der Waals surface area contributed by atoms with Gasteiger partial charge in [0.05, 0.1) is 5.56 Å². The highest BCUT2D eigenvalue weighted by molar-refractivity contribution is 9.10. The maximum absolute atomic E-state index is 12.1. The molecule has 18 heavy (non-hydrogen) atoms. The highest BCUT2D eigenvalue weighted by Gasteiger charge is 2.20. The summed E-state index contributed by atoms with van der Waals surface area (Å²) in [4.78, 5) is 0.0433. The number of hydrogen-bond donors (Lipinski definition) is 1. The molecule has 0 fully saturated rings. The van der Waals surface area contributed by atoms with Crippen LogP contribution in [-0.2, 0) is 10.0 Å². The van der Waals surface area contributed by atoms with Gasteiger partial charge in [0.1, 0.15) is 11.0 Å². The van der Waals surface area contributed by atoms with Crippen molar-refractivity contribution in [1.82, 2.24) is 4.72 Å². The van der Waals surface area contributed by atoms with Crippen LogP contribution in [0.5, 0.6) is 0 Å². The Labute approximate surface area is 116 Å². The third kappa shape index (κ3) is 3.31. The molecule has 0 unspecified atom stereocenters. The van der Waals surface area contributed by atoms with E-state index >= 15 is 0 Å². The zero-order valence-corrected chi connectivity index (χ0v) is 12.7. The molecule has 4 nitrogen and oxygen atoms in total. The molecular weight excluding hydrogens is 316 g/mol. The Kier molecular flexibility index (Phi) is 5.32. The molecule has 1 rings (SSSR count). The zero-order chi connectivity index (χ0) is 13.8.